The first kappa shape index (κ1) is 30.2. The highest BCUT2D eigenvalue weighted by atomic mass is 31.1. The van der Waals surface area contributed by atoms with Crippen molar-refractivity contribution in [1.82, 2.24) is 0 Å². The van der Waals surface area contributed by atoms with Crippen LogP contribution in [0.1, 0.15) is 96.9 Å². The van der Waals surface area contributed by atoms with Crippen LogP contribution in [-0.2, 0) is 0 Å². The Hall–Kier alpha value is -1.05. The summed E-state index contributed by atoms with van der Waals surface area (Å²) >= 11 is 0. The monoisotopic (exact) mass is 510 g/mol. The summed E-state index contributed by atoms with van der Waals surface area (Å²) in [4.78, 5) is 0. The molecule has 0 aromatic heterocycles. The molecule has 0 spiro atoms. The number of hydrogen-bond donors (Lipinski definition) is 0. The largest absolute Gasteiger partial charge is 0.222 e. The third kappa shape index (κ3) is 7.48. The molecule has 0 aromatic rings. The van der Waals surface area contributed by atoms with Gasteiger partial charge in [-0.1, -0.05) is 86.7 Å². The van der Waals surface area contributed by atoms with E-state index in [4.69, 9.17) is 0 Å². The average molecular weight is 511 g/mol. The van der Waals surface area contributed by atoms with Gasteiger partial charge < -0.3 is 0 Å². The van der Waals surface area contributed by atoms with E-state index in [1.165, 1.54) is 32.9 Å². The molecule has 0 aliphatic heterocycles. The van der Waals surface area contributed by atoms with Gasteiger partial charge in [0, 0.05) is 5.57 Å². The molecule has 0 bridgehead atoms. The molecule has 0 unspecified atom stereocenters. The van der Waals surface area contributed by atoms with Gasteiger partial charge in [0.15, 0.2) is 0 Å². The van der Waals surface area contributed by atoms with Gasteiger partial charge in [0.2, 0.25) is 0 Å². The standard InChI is InChI=1S/C33H52P2/c1-22(2)34(23(3)4)30-20-28(32(9,10)11)17-15-26(30)19-27-16-18-29(33(12,13)14)21-31(27)35(24(5)6)25(7)8/h15-18,20-25H,1-14H3. The molecule has 194 valence electrons. The molecule has 2 rings (SSSR count). The van der Waals surface area contributed by atoms with Gasteiger partial charge in [-0.05, 0) is 61.5 Å². The number of allylic oxidation sites excluding steroid dienone is 9. The van der Waals surface area contributed by atoms with Crippen molar-refractivity contribution in [2.24, 2.45) is 10.8 Å². The summed E-state index contributed by atoms with van der Waals surface area (Å²) in [7, 11) is -0.572. The molecule has 0 nitrogen and oxygen atoms in total. The van der Waals surface area contributed by atoms with E-state index in [2.05, 4.69) is 139 Å². The summed E-state index contributed by atoms with van der Waals surface area (Å²) in [6, 6.07) is 0. The van der Waals surface area contributed by atoms with E-state index in [-0.39, 0.29) is 26.3 Å². The van der Waals surface area contributed by atoms with Crippen LogP contribution in [0, 0.1) is 17.3 Å². The van der Waals surface area contributed by atoms with Crippen molar-refractivity contribution < 1.29 is 0 Å². The van der Waals surface area contributed by atoms with Gasteiger partial charge in [-0.3, -0.25) is 0 Å². The summed E-state index contributed by atoms with van der Waals surface area (Å²) in [6.07, 6.45) is 14.5. The Morgan fingerprint density at radius 3 is 1.69 bits per heavy atom. The van der Waals surface area contributed by atoms with Crippen LogP contribution in [0.5, 0.6) is 0 Å². The lowest BCUT2D eigenvalue weighted by molar-refractivity contribution is 0.515. The van der Waals surface area contributed by atoms with Crippen molar-refractivity contribution in [1.29, 1.82) is 0 Å². The first-order valence-electron chi connectivity index (χ1n) is 13.6. The highest BCUT2D eigenvalue weighted by Gasteiger charge is 2.30. The van der Waals surface area contributed by atoms with E-state index >= 15 is 0 Å². The Balaban J connectivity index is 2.89. The van der Waals surface area contributed by atoms with Crippen LogP contribution in [0.25, 0.3) is 0 Å². The predicted molar refractivity (Wildman–Crippen MR) is 167 cm³/mol. The Kier molecular flexibility index (Phi) is 9.96. The highest BCUT2D eigenvalue weighted by molar-refractivity contribution is 7.63. The maximum atomic E-state index is 4.01. The molecule has 0 N–H and O–H groups in total. The van der Waals surface area contributed by atoms with Crippen LogP contribution in [0.15, 0.2) is 63.7 Å². The van der Waals surface area contributed by atoms with Gasteiger partial charge in [0.1, 0.15) is 24.2 Å². The zero-order valence-electron chi connectivity index (χ0n) is 25.2. The fourth-order valence-electron chi connectivity index (χ4n) is 5.09. The summed E-state index contributed by atoms with van der Waals surface area (Å²) in [6.45, 7) is 33.2. The second kappa shape index (κ2) is 11.6. The van der Waals surface area contributed by atoms with Crippen LogP contribution in [-0.4, -0.2) is 27.9 Å². The molecule has 35 heavy (non-hydrogen) atoms. The molecule has 2 aliphatic rings. The van der Waals surface area contributed by atoms with Crippen LogP contribution in [0.3, 0.4) is 0 Å². The molecule has 0 atom stereocenters. The van der Waals surface area contributed by atoms with E-state index in [0.29, 0.717) is 22.6 Å². The maximum Gasteiger partial charge on any atom is 0.149 e. The average Bonchev–Trinajstić information content (AvgIpc) is 2.67. The quantitative estimate of drug-likeness (QED) is 0.196. The van der Waals surface area contributed by atoms with Gasteiger partial charge in [0.05, 0.1) is 0 Å². The van der Waals surface area contributed by atoms with Crippen molar-refractivity contribution in [3.63, 3.8) is 0 Å². The van der Waals surface area contributed by atoms with Gasteiger partial charge in [-0.25, -0.2) is 5.73 Å². The minimum Gasteiger partial charge on any atom is -0.222 e. The van der Waals surface area contributed by atoms with E-state index in [1.54, 1.807) is 0 Å². The first-order chi connectivity index (χ1) is 15.9. The molecule has 0 aromatic carbocycles. The zero-order valence-corrected chi connectivity index (χ0v) is 27.0. The molecule has 0 amide bonds. The van der Waals surface area contributed by atoms with Crippen molar-refractivity contribution in [3.05, 3.63) is 70.1 Å². The summed E-state index contributed by atoms with van der Waals surface area (Å²) in [5.74, 6) is 0. The molecule has 0 saturated heterocycles. The molecule has 0 fully saturated rings. The lowest BCUT2D eigenvalue weighted by atomic mass is 9.82. The number of hydrogen-bond acceptors (Lipinski definition) is 0. The van der Waals surface area contributed by atoms with E-state index in [0.717, 1.165) is 0 Å². The fourth-order valence-corrected chi connectivity index (χ4v) is 11.1. The van der Waals surface area contributed by atoms with Crippen molar-refractivity contribution in [3.8, 4) is 0 Å². The summed E-state index contributed by atoms with van der Waals surface area (Å²) in [5, 5.41) is 3.06. The Morgan fingerprint density at radius 2 is 1.26 bits per heavy atom. The molecule has 0 radical (unpaired) electrons. The topological polar surface area (TPSA) is 0 Å². The molecule has 0 saturated carbocycles. The number of rotatable bonds is 5. The fraction of sp³-hybridized carbons (Fsp3) is 0.606. The zero-order chi connectivity index (χ0) is 26.9. The second-order valence-corrected chi connectivity index (χ2v) is 20.0. The van der Waals surface area contributed by atoms with Crippen LogP contribution >= 0.6 is 15.5 Å². The van der Waals surface area contributed by atoms with Crippen molar-refractivity contribution >= 4 is 20.8 Å². The third-order valence-corrected chi connectivity index (χ3v) is 13.1. The van der Waals surface area contributed by atoms with Crippen LogP contribution in [0.4, 0.5) is 0 Å². The smallest absolute Gasteiger partial charge is 0.149 e. The van der Waals surface area contributed by atoms with Crippen LogP contribution < -0.4 is 0 Å². The minimum absolute atomic E-state index is 0.144. The second-order valence-electron chi connectivity index (χ2n) is 13.3. The summed E-state index contributed by atoms with van der Waals surface area (Å²) in [5.41, 5.74) is 12.4. The molecule has 0 heterocycles. The molecular formula is C33H52P2. The van der Waals surface area contributed by atoms with Crippen molar-refractivity contribution in [2.75, 3.05) is 0 Å². The summed E-state index contributed by atoms with van der Waals surface area (Å²) < 4.78 is 0. The Labute approximate surface area is 221 Å². The SMILES string of the molecule is CC(C)P(C1=CC(C(C)(C)C)=C[CH-]C1=C=C1C=CC(C(C)(C)C)=CC1=[P+](C(C)C)C(C)C)C(C)C. The van der Waals surface area contributed by atoms with Crippen LogP contribution in [0.2, 0.25) is 0 Å². The Morgan fingerprint density at radius 1 is 0.743 bits per heavy atom. The minimum atomic E-state index is -0.286. The molecule has 2 heteroatoms. The first-order valence-corrected chi connectivity index (χ1v) is 16.5. The lowest BCUT2D eigenvalue weighted by Crippen LogP contribution is -2.16. The van der Waals surface area contributed by atoms with Gasteiger partial charge in [0.25, 0.3) is 0 Å². The maximum absolute atomic E-state index is 4.01. The predicted octanol–water partition coefficient (Wildman–Crippen LogP) is 10.8. The molecular weight excluding hydrogens is 458 g/mol. The van der Waals surface area contributed by atoms with Gasteiger partial charge in [-0.2, -0.15) is 0 Å². The van der Waals surface area contributed by atoms with Gasteiger partial charge >= 0.3 is 0 Å². The Bertz CT molecular complexity index is 994. The lowest BCUT2D eigenvalue weighted by Gasteiger charge is -2.39. The van der Waals surface area contributed by atoms with E-state index in [1.807, 2.05) is 0 Å². The third-order valence-electron chi connectivity index (χ3n) is 6.78. The van der Waals surface area contributed by atoms with Crippen molar-refractivity contribution in [2.45, 2.75) is 120 Å². The highest BCUT2D eigenvalue weighted by Crippen LogP contribution is 2.58. The molecule has 2 aliphatic carbocycles. The van der Waals surface area contributed by atoms with E-state index < -0.39 is 0 Å². The van der Waals surface area contributed by atoms with Gasteiger partial charge in [-0.15, -0.1) is 37.6 Å². The van der Waals surface area contributed by atoms with E-state index in [9.17, 15) is 0 Å². The normalized spacial score (nSPS) is 17.3.